The summed E-state index contributed by atoms with van der Waals surface area (Å²) in [5.41, 5.74) is 3.01. The first kappa shape index (κ1) is 14.7. The molecule has 0 saturated carbocycles. The third-order valence-electron chi connectivity index (χ3n) is 3.17. The number of H-pyrrole nitrogens is 1. The van der Waals surface area contributed by atoms with Crippen molar-refractivity contribution in [3.63, 3.8) is 0 Å². The molecule has 0 fully saturated rings. The van der Waals surface area contributed by atoms with Crippen LogP contribution in [-0.2, 0) is 6.54 Å². The van der Waals surface area contributed by atoms with E-state index in [0.29, 0.717) is 0 Å². The molecule has 20 heavy (non-hydrogen) atoms. The molecule has 0 bridgehead atoms. The Balaban J connectivity index is 1.78. The summed E-state index contributed by atoms with van der Waals surface area (Å²) in [6.45, 7) is 2.90. The van der Waals surface area contributed by atoms with E-state index < -0.39 is 0 Å². The maximum Gasteiger partial charge on any atom is 0.117 e. The molecule has 2 N–H and O–H groups in total. The number of benzene rings is 1. The Morgan fingerprint density at radius 3 is 2.65 bits per heavy atom. The molecular formula is C15H23N5. The van der Waals surface area contributed by atoms with Crippen molar-refractivity contribution >= 4 is 0 Å². The van der Waals surface area contributed by atoms with Crippen LogP contribution in [0.4, 0.5) is 0 Å². The van der Waals surface area contributed by atoms with E-state index in [1.807, 2.05) is 18.2 Å². The molecule has 5 nitrogen and oxygen atoms in total. The molecule has 0 saturated heterocycles. The SMILES string of the molecule is CN(C)CCCCNCc1n[nH]nc1-c1ccccc1. The Kier molecular flexibility index (Phi) is 5.70. The molecule has 0 radical (unpaired) electrons. The lowest BCUT2D eigenvalue weighted by Gasteiger charge is -2.09. The number of aromatic nitrogens is 3. The van der Waals surface area contributed by atoms with Gasteiger partial charge in [0, 0.05) is 12.1 Å². The third kappa shape index (κ3) is 4.43. The zero-order valence-corrected chi connectivity index (χ0v) is 12.3. The van der Waals surface area contributed by atoms with Crippen molar-refractivity contribution in [1.82, 2.24) is 25.6 Å². The molecule has 0 aliphatic carbocycles. The summed E-state index contributed by atoms with van der Waals surface area (Å²) >= 11 is 0. The largest absolute Gasteiger partial charge is 0.311 e. The van der Waals surface area contributed by atoms with Crippen molar-refractivity contribution in [2.75, 3.05) is 27.2 Å². The molecule has 108 valence electrons. The van der Waals surface area contributed by atoms with Gasteiger partial charge in [-0.15, -0.1) is 0 Å². The summed E-state index contributed by atoms with van der Waals surface area (Å²) in [6, 6.07) is 10.1. The highest BCUT2D eigenvalue weighted by molar-refractivity contribution is 5.60. The fourth-order valence-corrected chi connectivity index (χ4v) is 2.09. The van der Waals surface area contributed by atoms with Gasteiger partial charge in [-0.3, -0.25) is 0 Å². The van der Waals surface area contributed by atoms with Gasteiger partial charge in [0.15, 0.2) is 0 Å². The molecule has 0 aliphatic rings. The summed E-state index contributed by atoms with van der Waals surface area (Å²) in [5.74, 6) is 0. The van der Waals surface area contributed by atoms with Gasteiger partial charge in [-0.2, -0.15) is 15.4 Å². The normalized spacial score (nSPS) is 11.2. The molecule has 2 aromatic rings. The van der Waals surface area contributed by atoms with Gasteiger partial charge >= 0.3 is 0 Å². The summed E-state index contributed by atoms with van der Waals surface area (Å²) in [7, 11) is 4.21. The number of aromatic amines is 1. The maximum atomic E-state index is 4.24. The van der Waals surface area contributed by atoms with Crippen molar-refractivity contribution in [3.05, 3.63) is 36.0 Å². The smallest absolute Gasteiger partial charge is 0.117 e. The second-order valence-electron chi connectivity index (χ2n) is 5.17. The van der Waals surface area contributed by atoms with Gasteiger partial charge in [0.25, 0.3) is 0 Å². The number of hydrogen-bond acceptors (Lipinski definition) is 4. The second kappa shape index (κ2) is 7.77. The first-order chi connectivity index (χ1) is 9.77. The van der Waals surface area contributed by atoms with Gasteiger partial charge in [-0.25, -0.2) is 0 Å². The minimum absolute atomic E-state index is 0.753. The first-order valence-electron chi connectivity index (χ1n) is 7.08. The lowest BCUT2D eigenvalue weighted by Crippen LogP contribution is -2.18. The van der Waals surface area contributed by atoms with Crippen LogP contribution in [0, 0.1) is 0 Å². The zero-order chi connectivity index (χ0) is 14.2. The van der Waals surface area contributed by atoms with Gasteiger partial charge in [-0.1, -0.05) is 30.3 Å². The minimum Gasteiger partial charge on any atom is -0.311 e. The lowest BCUT2D eigenvalue weighted by molar-refractivity contribution is 0.391. The summed E-state index contributed by atoms with van der Waals surface area (Å²) < 4.78 is 0. The molecular weight excluding hydrogens is 250 g/mol. The standard InChI is InChI=1S/C15H23N5/c1-20(2)11-7-6-10-16-12-14-15(18-19-17-14)13-8-4-3-5-9-13/h3-5,8-9,16H,6-7,10-12H2,1-2H3,(H,17,18,19). The minimum atomic E-state index is 0.753. The van der Waals surface area contributed by atoms with Crippen LogP contribution in [0.15, 0.2) is 30.3 Å². The predicted octanol–water partition coefficient (Wildman–Crippen LogP) is 1.90. The van der Waals surface area contributed by atoms with E-state index in [0.717, 1.165) is 36.6 Å². The molecule has 2 rings (SSSR count). The number of rotatable bonds is 8. The van der Waals surface area contributed by atoms with Crippen LogP contribution in [0.2, 0.25) is 0 Å². The van der Waals surface area contributed by atoms with E-state index in [2.05, 4.69) is 51.9 Å². The molecule has 0 spiro atoms. The Labute approximate surface area is 120 Å². The Bertz CT molecular complexity index is 492. The molecule has 1 aromatic heterocycles. The fraction of sp³-hybridized carbons (Fsp3) is 0.467. The van der Waals surface area contributed by atoms with Crippen molar-refractivity contribution in [2.24, 2.45) is 0 Å². The molecule has 0 unspecified atom stereocenters. The van der Waals surface area contributed by atoms with Crippen LogP contribution in [0.5, 0.6) is 0 Å². The number of nitrogens with zero attached hydrogens (tertiary/aromatic N) is 3. The van der Waals surface area contributed by atoms with Crippen LogP contribution in [-0.4, -0.2) is 47.5 Å². The molecule has 0 aliphatic heterocycles. The van der Waals surface area contributed by atoms with E-state index >= 15 is 0 Å². The van der Waals surface area contributed by atoms with Gasteiger partial charge in [0.2, 0.25) is 0 Å². The van der Waals surface area contributed by atoms with Gasteiger partial charge < -0.3 is 10.2 Å². The van der Waals surface area contributed by atoms with Crippen LogP contribution in [0.25, 0.3) is 11.3 Å². The third-order valence-corrected chi connectivity index (χ3v) is 3.17. The Hall–Kier alpha value is -1.72. The van der Waals surface area contributed by atoms with Crippen molar-refractivity contribution in [2.45, 2.75) is 19.4 Å². The maximum absolute atomic E-state index is 4.24. The Morgan fingerprint density at radius 1 is 1.10 bits per heavy atom. The summed E-state index contributed by atoms with van der Waals surface area (Å²) in [4.78, 5) is 2.21. The number of unbranched alkanes of at least 4 members (excludes halogenated alkanes) is 1. The molecule has 5 heteroatoms. The highest BCUT2D eigenvalue weighted by Gasteiger charge is 2.08. The number of hydrogen-bond donors (Lipinski definition) is 2. The fourth-order valence-electron chi connectivity index (χ4n) is 2.09. The van der Waals surface area contributed by atoms with Crippen LogP contribution in [0.1, 0.15) is 18.5 Å². The average molecular weight is 273 g/mol. The topological polar surface area (TPSA) is 56.8 Å². The molecule has 0 amide bonds. The quantitative estimate of drug-likeness (QED) is 0.721. The zero-order valence-electron chi connectivity index (χ0n) is 12.3. The monoisotopic (exact) mass is 273 g/mol. The van der Waals surface area contributed by atoms with Crippen LogP contribution >= 0.6 is 0 Å². The van der Waals surface area contributed by atoms with Crippen LogP contribution in [0.3, 0.4) is 0 Å². The Morgan fingerprint density at radius 2 is 1.90 bits per heavy atom. The van der Waals surface area contributed by atoms with E-state index in [1.165, 1.54) is 12.8 Å². The van der Waals surface area contributed by atoms with E-state index in [1.54, 1.807) is 0 Å². The first-order valence-corrected chi connectivity index (χ1v) is 7.08. The molecule has 1 aromatic carbocycles. The van der Waals surface area contributed by atoms with E-state index in [9.17, 15) is 0 Å². The lowest BCUT2D eigenvalue weighted by atomic mass is 10.1. The average Bonchev–Trinajstić information content (AvgIpc) is 2.92. The van der Waals surface area contributed by atoms with Crippen molar-refractivity contribution in [3.8, 4) is 11.3 Å². The summed E-state index contributed by atoms with van der Waals surface area (Å²) in [5, 5.41) is 14.6. The van der Waals surface area contributed by atoms with Gasteiger partial charge in [0.1, 0.15) is 11.4 Å². The van der Waals surface area contributed by atoms with Crippen molar-refractivity contribution in [1.29, 1.82) is 0 Å². The molecule has 0 atom stereocenters. The predicted molar refractivity (Wildman–Crippen MR) is 81.3 cm³/mol. The second-order valence-corrected chi connectivity index (χ2v) is 5.17. The number of nitrogens with one attached hydrogen (secondary N) is 2. The van der Waals surface area contributed by atoms with Gasteiger partial charge in [-0.05, 0) is 40.0 Å². The van der Waals surface area contributed by atoms with E-state index in [-0.39, 0.29) is 0 Å². The highest BCUT2D eigenvalue weighted by atomic mass is 15.3. The summed E-state index contributed by atoms with van der Waals surface area (Å²) in [6.07, 6.45) is 2.39. The van der Waals surface area contributed by atoms with E-state index in [4.69, 9.17) is 0 Å². The highest BCUT2D eigenvalue weighted by Crippen LogP contribution is 2.18. The molecule has 1 heterocycles. The van der Waals surface area contributed by atoms with Gasteiger partial charge in [0.05, 0.1) is 0 Å². The van der Waals surface area contributed by atoms with Crippen molar-refractivity contribution < 1.29 is 0 Å². The van der Waals surface area contributed by atoms with Crippen LogP contribution < -0.4 is 5.32 Å².